The Bertz CT molecular complexity index is 976. The number of nitrogens with one attached hydrogen (secondary N) is 1. The lowest BCUT2D eigenvalue weighted by Crippen LogP contribution is -2.37. The van der Waals surface area contributed by atoms with Crippen molar-refractivity contribution in [1.29, 1.82) is 0 Å². The Balaban J connectivity index is 1.46. The zero-order valence-electron chi connectivity index (χ0n) is 14.3. The molecule has 132 valence electrons. The highest BCUT2D eigenvalue weighted by Crippen LogP contribution is 2.34. The van der Waals surface area contributed by atoms with Crippen LogP contribution >= 0.6 is 0 Å². The molecule has 0 spiro atoms. The van der Waals surface area contributed by atoms with Gasteiger partial charge in [-0.2, -0.15) is 0 Å². The summed E-state index contributed by atoms with van der Waals surface area (Å²) in [5, 5.41) is 9.48. The van der Waals surface area contributed by atoms with Crippen molar-refractivity contribution in [3.63, 3.8) is 0 Å². The lowest BCUT2D eigenvalue weighted by Gasteiger charge is -2.27. The largest absolute Gasteiger partial charge is 0.443 e. The first-order chi connectivity index (χ1) is 12.8. The summed E-state index contributed by atoms with van der Waals surface area (Å²) in [6.07, 6.45) is 0.403. The molecule has 0 saturated carbocycles. The predicted octanol–water partition coefficient (Wildman–Crippen LogP) is 2.96. The number of cyclic esters (lactones) is 1. The fourth-order valence-corrected chi connectivity index (χ4v) is 3.89. The molecule has 1 aromatic heterocycles. The second kappa shape index (κ2) is 6.14. The highest BCUT2D eigenvalue weighted by atomic mass is 16.6. The van der Waals surface area contributed by atoms with E-state index in [1.54, 1.807) is 0 Å². The van der Waals surface area contributed by atoms with Gasteiger partial charge in [-0.1, -0.05) is 47.6 Å². The molecule has 6 nitrogen and oxygen atoms in total. The number of carbonyl (C=O) groups is 1. The molecule has 1 fully saturated rings. The summed E-state index contributed by atoms with van der Waals surface area (Å²) >= 11 is 0. The number of amides is 1. The van der Waals surface area contributed by atoms with E-state index in [2.05, 4.69) is 45.7 Å². The van der Waals surface area contributed by atoms with Crippen molar-refractivity contribution in [3.8, 4) is 11.3 Å². The Hall–Kier alpha value is -2.86. The maximum Gasteiger partial charge on any atom is 0.407 e. The number of benzene rings is 2. The van der Waals surface area contributed by atoms with Gasteiger partial charge in [0.1, 0.15) is 17.6 Å². The molecular weight excluding hydrogens is 330 g/mol. The number of hydrogen-bond acceptors (Lipinski definition) is 5. The number of ether oxygens (including phenoxy) is 1. The quantitative estimate of drug-likeness (QED) is 0.787. The van der Waals surface area contributed by atoms with Gasteiger partial charge in [0.25, 0.3) is 0 Å². The lowest BCUT2D eigenvalue weighted by atomic mass is 9.97. The van der Waals surface area contributed by atoms with Gasteiger partial charge in [-0.3, -0.25) is 4.90 Å². The fraction of sp³-hybridized carbons (Fsp3) is 0.300. The molecule has 2 aliphatic heterocycles. The van der Waals surface area contributed by atoms with E-state index in [1.807, 2.05) is 12.1 Å². The number of alkyl carbamates (subject to hydrolysis) is 1. The predicted molar refractivity (Wildman–Crippen MR) is 96.7 cm³/mol. The number of carbonyl (C=O) groups excluding carboxylic acids is 1. The number of nitrogens with zero attached hydrogens (tertiary/aromatic N) is 2. The summed E-state index contributed by atoms with van der Waals surface area (Å²) in [5.41, 5.74) is 3.16. The van der Waals surface area contributed by atoms with Crippen LogP contribution in [0.1, 0.15) is 11.3 Å². The maximum atomic E-state index is 11.2. The zero-order valence-corrected chi connectivity index (χ0v) is 14.3. The molecule has 5 rings (SSSR count). The number of hydrogen-bond donors (Lipinski definition) is 1. The second-order valence-corrected chi connectivity index (χ2v) is 6.85. The van der Waals surface area contributed by atoms with E-state index in [9.17, 15) is 4.79 Å². The molecule has 2 aromatic carbocycles. The fourth-order valence-electron chi connectivity index (χ4n) is 3.89. The lowest BCUT2D eigenvalue weighted by molar-refractivity contribution is 0.102. The van der Waals surface area contributed by atoms with Crippen LogP contribution in [-0.4, -0.2) is 41.9 Å². The van der Waals surface area contributed by atoms with Crippen molar-refractivity contribution in [2.24, 2.45) is 0 Å². The molecule has 0 unspecified atom stereocenters. The van der Waals surface area contributed by atoms with Crippen molar-refractivity contribution in [1.82, 2.24) is 15.4 Å². The van der Waals surface area contributed by atoms with Crippen molar-refractivity contribution in [2.45, 2.75) is 19.1 Å². The van der Waals surface area contributed by atoms with Crippen LogP contribution in [0.3, 0.4) is 0 Å². The van der Waals surface area contributed by atoms with Crippen LogP contribution in [0.5, 0.6) is 0 Å². The van der Waals surface area contributed by atoms with Crippen LogP contribution in [0.15, 0.2) is 47.0 Å². The average molecular weight is 349 g/mol. The van der Waals surface area contributed by atoms with E-state index in [4.69, 9.17) is 9.26 Å². The molecule has 6 heteroatoms. The molecule has 0 radical (unpaired) electrons. The average Bonchev–Trinajstić information content (AvgIpc) is 3.27. The summed E-state index contributed by atoms with van der Waals surface area (Å²) < 4.78 is 10.9. The highest BCUT2D eigenvalue weighted by molar-refractivity contribution is 5.96. The van der Waals surface area contributed by atoms with E-state index < -0.39 is 0 Å². The number of rotatable bonds is 3. The monoisotopic (exact) mass is 349 g/mol. The maximum absolute atomic E-state index is 11.2. The summed E-state index contributed by atoms with van der Waals surface area (Å²) in [5.74, 6) is 0.964. The second-order valence-electron chi connectivity index (χ2n) is 6.85. The summed E-state index contributed by atoms with van der Waals surface area (Å²) in [6.45, 7) is 2.93. The Morgan fingerprint density at radius 1 is 1.19 bits per heavy atom. The van der Waals surface area contributed by atoms with E-state index in [-0.39, 0.29) is 12.2 Å². The minimum Gasteiger partial charge on any atom is -0.443 e. The molecule has 26 heavy (non-hydrogen) atoms. The van der Waals surface area contributed by atoms with Gasteiger partial charge in [-0.15, -0.1) is 0 Å². The van der Waals surface area contributed by atoms with Gasteiger partial charge in [0, 0.05) is 37.2 Å². The van der Waals surface area contributed by atoms with Crippen molar-refractivity contribution < 1.29 is 14.1 Å². The third-order valence-corrected chi connectivity index (χ3v) is 5.16. The topological polar surface area (TPSA) is 67.6 Å². The van der Waals surface area contributed by atoms with Crippen molar-refractivity contribution in [2.75, 3.05) is 19.6 Å². The van der Waals surface area contributed by atoms with Crippen LogP contribution in [0, 0.1) is 0 Å². The molecule has 2 aliphatic rings. The molecule has 1 amide bonds. The molecule has 0 aliphatic carbocycles. The Morgan fingerprint density at radius 2 is 2.08 bits per heavy atom. The van der Waals surface area contributed by atoms with Gasteiger partial charge in [-0.05, 0) is 10.8 Å². The Morgan fingerprint density at radius 3 is 2.96 bits per heavy atom. The third kappa shape index (κ3) is 2.63. The minimum absolute atomic E-state index is 0.0927. The highest BCUT2D eigenvalue weighted by Gasteiger charge is 2.30. The zero-order chi connectivity index (χ0) is 17.5. The number of aromatic nitrogens is 1. The first kappa shape index (κ1) is 15.4. The molecule has 1 saturated heterocycles. The van der Waals surface area contributed by atoms with Gasteiger partial charge < -0.3 is 14.6 Å². The normalized spacial score (nSPS) is 20.0. The Kier molecular flexibility index (Phi) is 3.64. The van der Waals surface area contributed by atoms with Crippen LogP contribution in [0.2, 0.25) is 0 Å². The van der Waals surface area contributed by atoms with Gasteiger partial charge in [0.2, 0.25) is 0 Å². The van der Waals surface area contributed by atoms with Crippen molar-refractivity contribution >= 4 is 16.9 Å². The van der Waals surface area contributed by atoms with Crippen LogP contribution < -0.4 is 5.32 Å². The molecule has 1 atom stereocenters. The first-order valence-corrected chi connectivity index (χ1v) is 8.90. The van der Waals surface area contributed by atoms with Gasteiger partial charge in [0.05, 0.1) is 6.54 Å². The molecular formula is C20H19N3O3. The standard InChI is InChI=1S/C20H19N3O3/c24-20-21-10-14(25-20)11-23-9-8-18-17(12-23)19(22-26-18)16-7-3-5-13-4-1-2-6-15(13)16/h1-7,14H,8-12H2,(H,21,24)/t14-/m0/s1. The van der Waals surface area contributed by atoms with E-state index >= 15 is 0 Å². The van der Waals surface area contributed by atoms with E-state index in [1.165, 1.54) is 10.8 Å². The van der Waals surface area contributed by atoms with Crippen LogP contribution in [0.25, 0.3) is 22.0 Å². The van der Waals surface area contributed by atoms with Gasteiger partial charge in [-0.25, -0.2) is 4.79 Å². The van der Waals surface area contributed by atoms with Gasteiger partial charge in [0.15, 0.2) is 0 Å². The molecule has 3 heterocycles. The summed E-state index contributed by atoms with van der Waals surface area (Å²) in [4.78, 5) is 13.5. The SMILES string of the molecule is O=C1NC[C@@H](CN2CCc3onc(-c4cccc5ccccc45)c3C2)O1. The van der Waals surface area contributed by atoms with Crippen molar-refractivity contribution in [3.05, 3.63) is 53.8 Å². The van der Waals surface area contributed by atoms with Gasteiger partial charge >= 0.3 is 6.09 Å². The Labute approximate surface area is 150 Å². The smallest absolute Gasteiger partial charge is 0.407 e. The number of fused-ring (bicyclic) bond motifs is 2. The van der Waals surface area contributed by atoms with E-state index in [0.717, 1.165) is 48.6 Å². The first-order valence-electron chi connectivity index (χ1n) is 8.90. The molecule has 1 N–H and O–H groups in total. The summed E-state index contributed by atoms with van der Waals surface area (Å²) in [7, 11) is 0. The van der Waals surface area contributed by atoms with E-state index in [0.29, 0.717) is 6.54 Å². The van der Waals surface area contributed by atoms with Crippen LogP contribution in [-0.2, 0) is 17.7 Å². The van der Waals surface area contributed by atoms with Crippen LogP contribution in [0.4, 0.5) is 4.79 Å². The minimum atomic E-state index is -0.325. The molecule has 0 bridgehead atoms. The third-order valence-electron chi connectivity index (χ3n) is 5.16. The summed E-state index contributed by atoms with van der Waals surface area (Å²) in [6, 6.07) is 14.6. The molecule has 3 aromatic rings.